The van der Waals surface area contributed by atoms with Crippen LogP contribution in [0.1, 0.15) is 27.2 Å². The molecule has 4 rings (SSSR count). The van der Waals surface area contributed by atoms with E-state index in [2.05, 4.69) is 28.7 Å². The molecule has 130 valence electrons. The Morgan fingerprint density at radius 3 is 2.69 bits per heavy atom. The number of carbonyl (C=O) groups is 1. The summed E-state index contributed by atoms with van der Waals surface area (Å²) < 4.78 is 4.00. The third-order valence-corrected chi connectivity index (χ3v) is 4.75. The lowest BCUT2D eigenvalue weighted by atomic mass is 10.0. The van der Waals surface area contributed by atoms with Gasteiger partial charge in [0.25, 0.3) is 0 Å². The van der Waals surface area contributed by atoms with Crippen LogP contribution in [0.5, 0.6) is 0 Å². The Morgan fingerprint density at radius 1 is 1.15 bits per heavy atom. The number of nitrogens with zero attached hydrogens (tertiary/aromatic N) is 3. The molecule has 0 saturated heterocycles. The van der Waals surface area contributed by atoms with E-state index < -0.39 is 5.97 Å². The molecule has 0 aliphatic rings. The van der Waals surface area contributed by atoms with Gasteiger partial charge in [-0.05, 0) is 42.7 Å². The van der Waals surface area contributed by atoms with Gasteiger partial charge in [0.1, 0.15) is 0 Å². The molecule has 0 spiro atoms. The maximum absolute atomic E-state index is 11.3. The molecule has 0 fully saturated rings. The summed E-state index contributed by atoms with van der Waals surface area (Å²) in [4.78, 5) is 11.3. The average molecular weight is 345 g/mol. The number of carboxylic acids is 1. The molecule has 2 aromatic carbocycles. The summed E-state index contributed by atoms with van der Waals surface area (Å²) in [5.41, 5.74) is 5.79. The molecule has 2 heterocycles. The average Bonchev–Trinajstić information content (AvgIpc) is 3.17. The summed E-state index contributed by atoms with van der Waals surface area (Å²) in [6, 6.07) is 15.4. The number of para-hydroxylation sites is 1. The lowest BCUT2D eigenvalue weighted by Crippen LogP contribution is -1.99. The first kappa shape index (κ1) is 16.1. The van der Waals surface area contributed by atoms with Gasteiger partial charge in [0.05, 0.1) is 23.0 Å². The van der Waals surface area contributed by atoms with E-state index in [-0.39, 0.29) is 0 Å². The van der Waals surface area contributed by atoms with Crippen LogP contribution in [0.3, 0.4) is 0 Å². The highest BCUT2D eigenvalue weighted by Crippen LogP contribution is 2.30. The van der Waals surface area contributed by atoms with E-state index in [9.17, 15) is 9.90 Å². The summed E-state index contributed by atoms with van der Waals surface area (Å²) in [5, 5.41) is 14.7. The monoisotopic (exact) mass is 345 g/mol. The first-order valence-corrected chi connectivity index (χ1v) is 8.45. The van der Waals surface area contributed by atoms with Gasteiger partial charge in [-0.15, -0.1) is 0 Å². The van der Waals surface area contributed by atoms with Crippen molar-refractivity contribution in [2.24, 2.45) is 7.05 Å². The van der Waals surface area contributed by atoms with Gasteiger partial charge in [-0.25, -0.2) is 4.79 Å². The van der Waals surface area contributed by atoms with Gasteiger partial charge in [-0.2, -0.15) is 5.10 Å². The number of fused-ring (bicyclic) bond motifs is 1. The van der Waals surface area contributed by atoms with Crippen molar-refractivity contribution in [3.05, 3.63) is 83.3 Å². The highest BCUT2D eigenvalue weighted by atomic mass is 16.4. The predicted molar refractivity (Wildman–Crippen MR) is 101 cm³/mol. The number of hydrogen-bond acceptors (Lipinski definition) is 2. The molecule has 1 N–H and O–H groups in total. The summed E-state index contributed by atoms with van der Waals surface area (Å²) in [6.45, 7) is 2.10. The Labute approximate surface area is 151 Å². The van der Waals surface area contributed by atoms with Gasteiger partial charge in [0.2, 0.25) is 0 Å². The number of rotatable bonds is 4. The maximum Gasteiger partial charge on any atom is 0.335 e. The Morgan fingerprint density at radius 2 is 1.96 bits per heavy atom. The highest BCUT2D eigenvalue weighted by Gasteiger charge is 2.16. The number of aromatic carboxylic acids is 1. The van der Waals surface area contributed by atoms with Crippen molar-refractivity contribution in [2.45, 2.75) is 13.3 Å². The van der Waals surface area contributed by atoms with Crippen LogP contribution in [-0.4, -0.2) is 25.4 Å². The van der Waals surface area contributed by atoms with Crippen LogP contribution < -0.4 is 0 Å². The minimum absolute atomic E-state index is 0.316. The molecule has 0 atom stereocenters. The van der Waals surface area contributed by atoms with E-state index in [1.807, 2.05) is 37.6 Å². The molecule has 0 aliphatic heterocycles. The van der Waals surface area contributed by atoms with Crippen molar-refractivity contribution in [1.29, 1.82) is 0 Å². The molecule has 0 saturated carbocycles. The molecule has 5 nitrogen and oxygen atoms in total. The zero-order chi connectivity index (χ0) is 18.3. The fraction of sp³-hybridized carbons (Fsp3) is 0.143. The molecule has 4 aromatic rings. The molecule has 0 bridgehead atoms. The Balaban J connectivity index is 1.87. The molecule has 0 radical (unpaired) electrons. The summed E-state index contributed by atoms with van der Waals surface area (Å²) in [7, 11) is 1.91. The van der Waals surface area contributed by atoms with Crippen molar-refractivity contribution in [2.75, 3.05) is 0 Å². The molecule has 2 aromatic heterocycles. The molecule has 0 aliphatic carbocycles. The predicted octanol–water partition coefficient (Wildman–Crippen LogP) is 3.96. The molecule has 5 heteroatoms. The normalized spacial score (nSPS) is 11.2. The van der Waals surface area contributed by atoms with E-state index in [4.69, 9.17) is 0 Å². The number of aryl methyl sites for hydroxylation is 1. The fourth-order valence-corrected chi connectivity index (χ4v) is 3.53. The van der Waals surface area contributed by atoms with Crippen molar-refractivity contribution in [1.82, 2.24) is 14.3 Å². The lowest BCUT2D eigenvalue weighted by Gasteiger charge is -2.07. The number of aromatic nitrogens is 3. The first-order valence-electron chi connectivity index (χ1n) is 8.45. The van der Waals surface area contributed by atoms with E-state index in [1.54, 1.807) is 22.9 Å². The van der Waals surface area contributed by atoms with E-state index in [1.165, 1.54) is 10.9 Å². The molecular weight excluding hydrogens is 326 g/mol. The van der Waals surface area contributed by atoms with Gasteiger partial charge in [0, 0.05) is 24.3 Å². The minimum atomic E-state index is -0.902. The Kier molecular flexibility index (Phi) is 3.84. The van der Waals surface area contributed by atoms with E-state index in [0.29, 0.717) is 12.0 Å². The van der Waals surface area contributed by atoms with Crippen LogP contribution in [0.2, 0.25) is 0 Å². The Bertz CT molecular complexity index is 1120. The van der Waals surface area contributed by atoms with Crippen molar-refractivity contribution in [3.8, 4) is 5.69 Å². The zero-order valence-electron chi connectivity index (χ0n) is 14.7. The SMILES string of the molecule is Cc1c(Cc2cccc(C(=O)O)c2)c2ccccc2n1-c1cnn(C)c1. The van der Waals surface area contributed by atoms with Crippen molar-refractivity contribution < 1.29 is 9.90 Å². The first-order chi connectivity index (χ1) is 12.5. The van der Waals surface area contributed by atoms with E-state index in [0.717, 1.165) is 22.5 Å². The maximum atomic E-state index is 11.3. The smallest absolute Gasteiger partial charge is 0.335 e. The van der Waals surface area contributed by atoms with Gasteiger partial charge in [-0.1, -0.05) is 30.3 Å². The third kappa shape index (κ3) is 2.67. The minimum Gasteiger partial charge on any atom is -0.478 e. The molecule has 0 amide bonds. The van der Waals surface area contributed by atoms with Crippen LogP contribution in [-0.2, 0) is 13.5 Å². The van der Waals surface area contributed by atoms with Crippen LogP contribution >= 0.6 is 0 Å². The highest BCUT2D eigenvalue weighted by molar-refractivity contribution is 5.89. The van der Waals surface area contributed by atoms with Crippen LogP contribution in [0, 0.1) is 6.92 Å². The molecular formula is C21H19N3O2. The summed E-state index contributed by atoms with van der Waals surface area (Å²) in [6.07, 6.45) is 4.53. The van der Waals surface area contributed by atoms with Gasteiger partial charge >= 0.3 is 5.97 Å². The van der Waals surface area contributed by atoms with Crippen LogP contribution in [0.4, 0.5) is 0 Å². The van der Waals surface area contributed by atoms with Gasteiger partial charge < -0.3 is 9.67 Å². The second kappa shape index (κ2) is 6.19. The van der Waals surface area contributed by atoms with Crippen molar-refractivity contribution in [3.63, 3.8) is 0 Å². The van der Waals surface area contributed by atoms with Crippen molar-refractivity contribution >= 4 is 16.9 Å². The van der Waals surface area contributed by atoms with Crippen LogP contribution in [0.25, 0.3) is 16.6 Å². The topological polar surface area (TPSA) is 60.0 Å². The number of carboxylic acid groups (broad SMARTS) is 1. The quantitative estimate of drug-likeness (QED) is 0.609. The standard InChI is InChI=1S/C21H19N3O2/c1-14-19(11-15-6-5-7-16(10-15)21(25)26)18-8-3-4-9-20(18)24(14)17-12-22-23(2)13-17/h3-10,12-13H,11H2,1-2H3,(H,25,26). The number of benzene rings is 2. The second-order valence-electron chi connectivity index (χ2n) is 6.47. The lowest BCUT2D eigenvalue weighted by molar-refractivity contribution is 0.0696. The third-order valence-electron chi connectivity index (χ3n) is 4.75. The van der Waals surface area contributed by atoms with Crippen LogP contribution in [0.15, 0.2) is 60.9 Å². The summed E-state index contributed by atoms with van der Waals surface area (Å²) >= 11 is 0. The Hall–Kier alpha value is -3.34. The van der Waals surface area contributed by atoms with Gasteiger partial charge in [-0.3, -0.25) is 4.68 Å². The number of hydrogen-bond donors (Lipinski definition) is 1. The summed E-state index contributed by atoms with van der Waals surface area (Å²) in [5.74, 6) is -0.902. The second-order valence-corrected chi connectivity index (χ2v) is 6.47. The van der Waals surface area contributed by atoms with Gasteiger partial charge in [0.15, 0.2) is 0 Å². The van der Waals surface area contributed by atoms with E-state index >= 15 is 0 Å². The fourth-order valence-electron chi connectivity index (χ4n) is 3.53. The largest absolute Gasteiger partial charge is 0.478 e. The molecule has 26 heavy (non-hydrogen) atoms. The zero-order valence-corrected chi connectivity index (χ0v) is 14.7. The molecule has 0 unspecified atom stereocenters.